The first-order chi connectivity index (χ1) is 11.1. The van der Waals surface area contributed by atoms with Gasteiger partial charge in [-0.1, -0.05) is 25.1 Å². The normalized spacial score (nSPS) is 10.9. The minimum absolute atomic E-state index is 0.203. The number of ketones is 1. The first-order valence-corrected chi connectivity index (χ1v) is 8.27. The lowest BCUT2D eigenvalue weighted by Crippen LogP contribution is -2.13. The van der Waals surface area contributed by atoms with Gasteiger partial charge < -0.3 is 9.72 Å². The van der Waals surface area contributed by atoms with Gasteiger partial charge in [0.1, 0.15) is 4.88 Å². The fourth-order valence-corrected chi connectivity index (χ4v) is 3.33. The summed E-state index contributed by atoms with van der Waals surface area (Å²) in [5.41, 5.74) is 2.69. The molecule has 2 aromatic heterocycles. The van der Waals surface area contributed by atoms with Crippen molar-refractivity contribution in [1.82, 2.24) is 4.98 Å². The number of aromatic nitrogens is 1. The average Bonchev–Trinajstić information content (AvgIpc) is 3.18. The van der Waals surface area contributed by atoms with Crippen molar-refractivity contribution in [2.45, 2.75) is 20.3 Å². The second-order valence-corrected chi connectivity index (χ2v) is 6.59. The highest BCUT2D eigenvalue weighted by Gasteiger charge is 2.16. The number of thiophene rings is 1. The van der Waals surface area contributed by atoms with E-state index in [2.05, 4.69) is 11.9 Å². The summed E-state index contributed by atoms with van der Waals surface area (Å²) >= 11 is 1.36. The van der Waals surface area contributed by atoms with Crippen molar-refractivity contribution < 1.29 is 14.3 Å². The van der Waals surface area contributed by atoms with E-state index in [0.29, 0.717) is 10.4 Å². The average molecular weight is 327 g/mol. The second-order valence-electron chi connectivity index (χ2n) is 5.31. The Morgan fingerprint density at radius 1 is 1.22 bits per heavy atom. The van der Waals surface area contributed by atoms with Crippen LogP contribution < -0.4 is 0 Å². The molecule has 5 heteroatoms. The lowest BCUT2D eigenvalue weighted by atomic mass is 10.1. The maximum atomic E-state index is 12.4. The van der Waals surface area contributed by atoms with Gasteiger partial charge in [0.15, 0.2) is 6.61 Å². The van der Waals surface area contributed by atoms with Crippen LogP contribution in [0.1, 0.15) is 37.4 Å². The van der Waals surface area contributed by atoms with Crippen LogP contribution in [0.5, 0.6) is 0 Å². The number of esters is 1. The van der Waals surface area contributed by atoms with Gasteiger partial charge in [-0.2, -0.15) is 0 Å². The van der Waals surface area contributed by atoms with Crippen LogP contribution in [0.4, 0.5) is 0 Å². The maximum Gasteiger partial charge on any atom is 0.348 e. The van der Waals surface area contributed by atoms with Crippen molar-refractivity contribution in [3.05, 3.63) is 57.4 Å². The number of benzene rings is 1. The summed E-state index contributed by atoms with van der Waals surface area (Å²) in [6.45, 7) is 3.74. The number of rotatable bonds is 5. The smallest absolute Gasteiger partial charge is 0.348 e. The Kier molecular flexibility index (Phi) is 4.30. The molecule has 0 radical (unpaired) electrons. The largest absolute Gasteiger partial charge is 0.453 e. The number of nitrogens with one attached hydrogen (secondary N) is 1. The number of aromatic amines is 1. The van der Waals surface area contributed by atoms with Crippen molar-refractivity contribution in [3.63, 3.8) is 0 Å². The molecule has 4 nitrogen and oxygen atoms in total. The Bertz CT molecular complexity index is 875. The third-order valence-electron chi connectivity index (χ3n) is 3.76. The van der Waals surface area contributed by atoms with Gasteiger partial charge in [-0.15, -0.1) is 11.3 Å². The molecule has 0 fully saturated rings. The zero-order chi connectivity index (χ0) is 16.4. The zero-order valence-electron chi connectivity index (χ0n) is 13.0. The van der Waals surface area contributed by atoms with Crippen molar-refractivity contribution in [1.29, 1.82) is 0 Å². The van der Waals surface area contributed by atoms with Crippen LogP contribution in [0.15, 0.2) is 36.5 Å². The Balaban J connectivity index is 1.75. The number of Topliss-reactive ketones (excluding diaryl/α,β-unsaturated/α-hetero) is 1. The molecule has 0 aliphatic carbocycles. The van der Waals surface area contributed by atoms with E-state index < -0.39 is 5.97 Å². The number of ether oxygens (including phenoxy) is 1. The number of para-hydroxylation sites is 1. The fourth-order valence-electron chi connectivity index (χ4n) is 2.57. The van der Waals surface area contributed by atoms with Gasteiger partial charge in [0.05, 0.1) is 0 Å². The fraction of sp³-hybridized carbons (Fsp3) is 0.222. The molecule has 1 N–H and O–H groups in total. The van der Waals surface area contributed by atoms with E-state index in [1.807, 2.05) is 31.2 Å². The highest BCUT2D eigenvalue weighted by molar-refractivity contribution is 7.13. The van der Waals surface area contributed by atoms with E-state index in [0.717, 1.165) is 27.8 Å². The molecule has 0 saturated heterocycles. The molecular formula is C18H17NO3S. The van der Waals surface area contributed by atoms with Crippen LogP contribution in [0.2, 0.25) is 0 Å². The van der Waals surface area contributed by atoms with Crippen molar-refractivity contribution in [2.75, 3.05) is 6.61 Å². The van der Waals surface area contributed by atoms with E-state index in [4.69, 9.17) is 4.74 Å². The highest BCUT2D eigenvalue weighted by atomic mass is 32.1. The molecule has 3 rings (SSSR count). The Morgan fingerprint density at radius 2 is 2.04 bits per heavy atom. The van der Waals surface area contributed by atoms with Crippen LogP contribution in [0.3, 0.4) is 0 Å². The highest BCUT2D eigenvalue weighted by Crippen LogP contribution is 2.23. The van der Waals surface area contributed by atoms with Crippen LogP contribution >= 0.6 is 11.3 Å². The monoisotopic (exact) mass is 327 g/mol. The summed E-state index contributed by atoms with van der Waals surface area (Å²) in [6, 6.07) is 9.45. The molecule has 0 aliphatic heterocycles. The topological polar surface area (TPSA) is 59.2 Å². The van der Waals surface area contributed by atoms with Gasteiger partial charge >= 0.3 is 5.97 Å². The predicted molar refractivity (Wildman–Crippen MR) is 91.3 cm³/mol. The van der Waals surface area contributed by atoms with Gasteiger partial charge in [-0.05, 0) is 31.0 Å². The van der Waals surface area contributed by atoms with Crippen LogP contribution in [0.25, 0.3) is 10.9 Å². The summed E-state index contributed by atoms with van der Waals surface area (Å²) < 4.78 is 5.14. The number of hydrogen-bond acceptors (Lipinski definition) is 4. The van der Waals surface area contributed by atoms with Gasteiger partial charge in [-0.25, -0.2) is 4.79 Å². The minimum atomic E-state index is -0.453. The van der Waals surface area contributed by atoms with Gasteiger partial charge in [0.25, 0.3) is 0 Å². The number of carbonyl (C=O) groups excluding carboxylic acids is 2. The maximum absolute atomic E-state index is 12.4. The van der Waals surface area contributed by atoms with Crippen molar-refractivity contribution >= 4 is 34.0 Å². The SMILES string of the molecule is CCc1cccc2c(C(=O)COC(=O)c3ccc(C)s3)c[nH]c12. The van der Waals surface area contributed by atoms with Gasteiger partial charge in [-0.3, -0.25) is 4.79 Å². The lowest BCUT2D eigenvalue weighted by molar-refractivity contribution is 0.0480. The van der Waals surface area contributed by atoms with Gasteiger partial charge in [0, 0.05) is 27.5 Å². The Morgan fingerprint density at radius 3 is 2.74 bits per heavy atom. The molecule has 2 heterocycles. The molecule has 0 atom stereocenters. The lowest BCUT2D eigenvalue weighted by Gasteiger charge is -2.03. The molecule has 0 amide bonds. The first kappa shape index (κ1) is 15.5. The van der Waals surface area contributed by atoms with Crippen molar-refractivity contribution in [3.8, 4) is 0 Å². The molecular weight excluding hydrogens is 310 g/mol. The van der Waals surface area contributed by atoms with Crippen LogP contribution in [0, 0.1) is 6.92 Å². The summed E-state index contributed by atoms with van der Waals surface area (Å²) in [5.74, 6) is -0.656. The van der Waals surface area contributed by atoms with Crippen molar-refractivity contribution in [2.24, 2.45) is 0 Å². The number of hydrogen-bond donors (Lipinski definition) is 1. The number of aryl methyl sites for hydroxylation is 2. The Labute approximate surface area is 138 Å². The number of H-pyrrole nitrogens is 1. The summed E-state index contributed by atoms with van der Waals surface area (Å²) in [4.78, 5) is 29.0. The van der Waals surface area contributed by atoms with E-state index in [1.165, 1.54) is 11.3 Å². The third kappa shape index (κ3) is 3.05. The zero-order valence-corrected chi connectivity index (χ0v) is 13.8. The quantitative estimate of drug-likeness (QED) is 0.566. The van der Waals surface area contributed by atoms with Crippen LogP contribution in [-0.4, -0.2) is 23.3 Å². The minimum Gasteiger partial charge on any atom is -0.453 e. The standard InChI is InChI=1S/C18H17NO3S/c1-3-12-5-4-6-13-14(9-19-17(12)13)15(20)10-22-18(21)16-8-7-11(2)23-16/h4-9,19H,3,10H2,1-2H3. The molecule has 0 bridgehead atoms. The first-order valence-electron chi connectivity index (χ1n) is 7.46. The van der Waals surface area contributed by atoms with E-state index in [-0.39, 0.29) is 12.4 Å². The van der Waals surface area contributed by atoms with E-state index in [1.54, 1.807) is 12.3 Å². The van der Waals surface area contributed by atoms with E-state index in [9.17, 15) is 9.59 Å². The molecule has 0 spiro atoms. The number of carbonyl (C=O) groups is 2. The molecule has 0 saturated carbocycles. The molecule has 118 valence electrons. The molecule has 0 unspecified atom stereocenters. The summed E-state index contributed by atoms with van der Waals surface area (Å²) in [6.07, 6.45) is 2.58. The second kappa shape index (κ2) is 6.38. The predicted octanol–water partition coefficient (Wildman–Crippen LogP) is 4.14. The molecule has 1 aromatic carbocycles. The summed E-state index contributed by atoms with van der Waals surface area (Å²) in [5, 5.41) is 0.873. The molecule has 23 heavy (non-hydrogen) atoms. The third-order valence-corrected chi connectivity index (χ3v) is 4.74. The van der Waals surface area contributed by atoms with Gasteiger partial charge in [0.2, 0.25) is 5.78 Å². The molecule has 3 aromatic rings. The number of fused-ring (bicyclic) bond motifs is 1. The molecule has 0 aliphatic rings. The summed E-state index contributed by atoms with van der Waals surface area (Å²) in [7, 11) is 0. The van der Waals surface area contributed by atoms with E-state index >= 15 is 0 Å². The van der Waals surface area contributed by atoms with Crippen LogP contribution in [-0.2, 0) is 11.2 Å². The Hall–Kier alpha value is -2.40.